The first-order valence-corrected chi connectivity index (χ1v) is 9.56. The molecule has 30 heavy (non-hydrogen) atoms. The van der Waals surface area contributed by atoms with Crippen molar-refractivity contribution < 1.29 is 9.59 Å². The fourth-order valence-corrected chi connectivity index (χ4v) is 4.05. The summed E-state index contributed by atoms with van der Waals surface area (Å²) in [5, 5.41) is 0. The molecule has 0 unspecified atom stereocenters. The van der Waals surface area contributed by atoms with E-state index in [0.29, 0.717) is 17.8 Å². The minimum Gasteiger partial charge on any atom is -0.211 e. The lowest BCUT2D eigenvalue weighted by Crippen LogP contribution is -2.31. The Morgan fingerprint density at radius 1 is 0.667 bits per heavy atom. The van der Waals surface area contributed by atoms with Crippen LogP contribution in [0.5, 0.6) is 0 Å². The molecule has 4 nitrogen and oxygen atoms in total. The van der Waals surface area contributed by atoms with Gasteiger partial charge in [-0.3, -0.25) is 0 Å². The summed E-state index contributed by atoms with van der Waals surface area (Å²) in [6, 6.07) is 27.6. The quantitative estimate of drug-likeness (QED) is 0.418. The third kappa shape index (κ3) is 3.49. The van der Waals surface area contributed by atoms with Gasteiger partial charge in [0.05, 0.1) is 16.8 Å². The highest BCUT2D eigenvalue weighted by atomic mass is 16.1. The summed E-state index contributed by atoms with van der Waals surface area (Å²) in [6.07, 6.45) is 7.79. The van der Waals surface area contributed by atoms with E-state index in [1.807, 2.05) is 60.7 Å². The Morgan fingerprint density at radius 2 is 1.23 bits per heavy atom. The van der Waals surface area contributed by atoms with Crippen LogP contribution in [0.25, 0.3) is 5.57 Å². The normalized spacial score (nSPS) is 14.5. The van der Waals surface area contributed by atoms with E-state index in [0.717, 1.165) is 22.3 Å². The molecule has 0 heterocycles. The predicted molar refractivity (Wildman–Crippen MR) is 117 cm³/mol. The lowest BCUT2D eigenvalue weighted by atomic mass is 9.65. The highest BCUT2D eigenvalue weighted by Crippen LogP contribution is 2.48. The molecule has 3 aromatic rings. The molecule has 0 amide bonds. The van der Waals surface area contributed by atoms with Crippen molar-refractivity contribution in [2.45, 2.75) is 11.8 Å². The van der Waals surface area contributed by atoms with Crippen LogP contribution in [0.4, 0.5) is 5.69 Å². The summed E-state index contributed by atoms with van der Waals surface area (Å²) >= 11 is 0. The van der Waals surface area contributed by atoms with Crippen LogP contribution in [-0.2, 0) is 15.0 Å². The number of aliphatic imine (C=N–C) groups is 2. The summed E-state index contributed by atoms with van der Waals surface area (Å²) in [7, 11) is 0. The number of allylic oxidation sites excluding steroid dienone is 4. The van der Waals surface area contributed by atoms with Gasteiger partial charge in [0.2, 0.25) is 12.2 Å². The molecule has 1 aliphatic rings. The molecule has 0 saturated heterocycles. The van der Waals surface area contributed by atoms with Crippen molar-refractivity contribution in [1.29, 1.82) is 0 Å². The van der Waals surface area contributed by atoms with Crippen molar-refractivity contribution in [1.82, 2.24) is 0 Å². The van der Waals surface area contributed by atoms with Crippen LogP contribution in [0.1, 0.15) is 23.1 Å². The molecule has 0 N–H and O–H groups in total. The molecule has 0 saturated carbocycles. The van der Waals surface area contributed by atoms with Crippen molar-refractivity contribution in [3.8, 4) is 0 Å². The summed E-state index contributed by atoms with van der Waals surface area (Å²) in [6.45, 7) is 0. The highest BCUT2D eigenvalue weighted by molar-refractivity contribution is 5.75. The lowest BCUT2D eigenvalue weighted by molar-refractivity contribution is 0.557. The van der Waals surface area contributed by atoms with Crippen molar-refractivity contribution in [2.24, 2.45) is 9.98 Å². The van der Waals surface area contributed by atoms with Crippen LogP contribution in [0.15, 0.2) is 113 Å². The van der Waals surface area contributed by atoms with Gasteiger partial charge in [0, 0.05) is 0 Å². The zero-order chi connectivity index (χ0) is 20.8. The molecule has 1 aliphatic carbocycles. The zero-order valence-electron chi connectivity index (χ0n) is 16.2. The molecule has 0 aliphatic heterocycles. The van der Waals surface area contributed by atoms with Gasteiger partial charge in [-0.1, -0.05) is 78.9 Å². The van der Waals surface area contributed by atoms with Gasteiger partial charge in [-0.15, -0.1) is 0 Å². The number of nitrogens with zero attached hydrogens (tertiary/aromatic N) is 2. The summed E-state index contributed by atoms with van der Waals surface area (Å²) in [5.41, 5.74) is 4.80. The van der Waals surface area contributed by atoms with E-state index < -0.39 is 5.41 Å². The molecular weight excluding hydrogens is 372 g/mol. The van der Waals surface area contributed by atoms with Gasteiger partial charge in [0.25, 0.3) is 0 Å². The molecule has 0 radical (unpaired) electrons. The Balaban J connectivity index is 1.91. The molecule has 3 aromatic carbocycles. The molecule has 0 aromatic heterocycles. The van der Waals surface area contributed by atoms with Crippen LogP contribution in [0, 0.1) is 0 Å². The number of hydrogen-bond acceptors (Lipinski definition) is 4. The second-order valence-corrected chi connectivity index (χ2v) is 7.01. The fraction of sp³-hybridized carbons (Fsp3) is 0.0769. The smallest absolute Gasteiger partial charge is 0.211 e. The van der Waals surface area contributed by atoms with E-state index in [1.165, 1.54) is 0 Å². The Morgan fingerprint density at radius 3 is 1.77 bits per heavy atom. The number of hydrogen-bond donors (Lipinski definition) is 0. The summed E-state index contributed by atoms with van der Waals surface area (Å²) in [4.78, 5) is 29.6. The Hall–Kier alpha value is -4.10. The Bertz CT molecular complexity index is 1160. The van der Waals surface area contributed by atoms with E-state index in [-0.39, 0.29) is 0 Å². The molecule has 0 fully saturated rings. The molecular formula is C26H18N2O2. The molecule has 4 rings (SSSR count). The first-order chi connectivity index (χ1) is 14.8. The van der Waals surface area contributed by atoms with E-state index in [9.17, 15) is 9.59 Å². The van der Waals surface area contributed by atoms with Crippen molar-refractivity contribution in [3.05, 3.63) is 119 Å². The van der Waals surface area contributed by atoms with Gasteiger partial charge < -0.3 is 0 Å². The van der Waals surface area contributed by atoms with Crippen LogP contribution in [-0.4, -0.2) is 12.2 Å². The molecule has 0 spiro atoms. The van der Waals surface area contributed by atoms with Gasteiger partial charge in [-0.05, 0) is 46.9 Å². The van der Waals surface area contributed by atoms with Crippen LogP contribution in [0.2, 0.25) is 0 Å². The lowest BCUT2D eigenvalue weighted by Gasteiger charge is -2.38. The maximum absolute atomic E-state index is 11.3. The molecule has 0 bridgehead atoms. The number of benzene rings is 3. The molecule has 144 valence electrons. The van der Waals surface area contributed by atoms with Crippen molar-refractivity contribution >= 4 is 23.4 Å². The minimum absolute atomic E-state index is 0.560. The van der Waals surface area contributed by atoms with Crippen LogP contribution >= 0.6 is 0 Å². The van der Waals surface area contributed by atoms with Crippen molar-refractivity contribution in [3.63, 3.8) is 0 Å². The van der Waals surface area contributed by atoms with Crippen LogP contribution < -0.4 is 0 Å². The number of carbonyl (C=O) groups excluding carboxylic acids is 2. The van der Waals surface area contributed by atoms with Crippen LogP contribution in [0.3, 0.4) is 0 Å². The third-order valence-electron chi connectivity index (χ3n) is 5.45. The van der Waals surface area contributed by atoms with Gasteiger partial charge in [-0.25, -0.2) is 9.59 Å². The zero-order valence-corrected chi connectivity index (χ0v) is 16.2. The average Bonchev–Trinajstić information content (AvgIpc) is 2.81. The van der Waals surface area contributed by atoms with Gasteiger partial charge in [0.1, 0.15) is 0 Å². The molecule has 4 heteroatoms. The van der Waals surface area contributed by atoms with Gasteiger partial charge in [-0.2, -0.15) is 9.98 Å². The van der Waals surface area contributed by atoms with E-state index >= 15 is 0 Å². The summed E-state index contributed by atoms with van der Waals surface area (Å²) in [5.74, 6) is 0. The maximum Gasteiger partial charge on any atom is 0.240 e. The average molecular weight is 390 g/mol. The second-order valence-electron chi connectivity index (χ2n) is 7.01. The first kappa shape index (κ1) is 19.2. The Kier molecular flexibility index (Phi) is 5.45. The fourth-order valence-electron chi connectivity index (χ4n) is 4.05. The predicted octanol–water partition coefficient (Wildman–Crippen LogP) is 5.65. The standard InChI is InChI=1S/C26H18N2O2/c29-18-27-24-14-11-20(12-15-24)21-13-16-25(28-19-30)26(17-21,22-7-3-1-4-8-22)23-9-5-2-6-10-23/h1-16H,17H2. The monoisotopic (exact) mass is 390 g/mol. The number of isocyanates is 2. The van der Waals surface area contributed by atoms with Gasteiger partial charge in [0.15, 0.2) is 0 Å². The van der Waals surface area contributed by atoms with E-state index in [1.54, 1.807) is 24.3 Å². The van der Waals surface area contributed by atoms with Crippen molar-refractivity contribution in [2.75, 3.05) is 0 Å². The topological polar surface area (TPSA) is 58.9 Å². The SMILES string of the molecule is O=C=NC1=CC=C(c2ccc(N=C=O)cc2)CC1(c1ccccc1)c1ccccc1. The summed E-state index contributed by atoms with van der Waals surface area (Å²) < 4.78 is 0. The maximum atomic E-state index is 11.3. The largest absolute Gasteiger partial charge is 0.240 e. The third-order valence-corrected chi connectivity index (χ3v) is 5.45. The Labute approximate surface area is 174 Å². The van der Waals surface area contributed by atoms with Gasteiger partial charge >= 0.3 is 0 Å². The van der Waals surface area contributed by atoms with E-state index in [4.69, 9.17) is 0 Å². The molecule has 0 atom stereocenters. The second kappa shape index (κ2) is 8.50. The van der Waals surface area contributed by atoms with E-state index in [2.05, 4.69) is 34.3 Å². The highest BCUT2D eigenvalue weighted by Gasteiger charge is 2.41. The first-order valence-electron chi connectivity index (χ1n) is 9.56. The minimum atomic E-state index is -0.621. The number of rotatable bonds is 5.